The van der Waals surface area contributed by atoms with Gasteiger partial charge in [-0.2, -0.15) is 4.31 Å². The molecule has 1 aromatic carbocycles. The molecule has 1 N–H and O–H groups in total. The molecule has 2 aromatic rings. The van der Waals surface area contributed by atoms with Crippen molar-refractivity contribution in [1.82, 2.24) is 9.29 Å². The molecule has 1 aromatic heterocycles. The van der Waals surface area contributed by atoms with Gasteiger partial charge in [0.1, 0.15) is 0 Å². The molecular formula is C16H20N2O3S. The van der Waals surface area contributed by atoms with Crippen molar-refractivity contribution in [2.45, 2.75) is 36.6 Å². The lowest BCUT2D eigenvalue weighted by atomic mass is 10.0. The van der Waals surface area contributed by atoms with Crippen molar-refractivity contribution < 1.29 is 13.5 Å². The zero-order chi connectivity index (χ0) is 15.6. The Morgan fingerprint density at radius 3 is 2.91 bits per heavy atom. The Kier molecular flexibility index (Phi) is 4.42. The van der Waals surface area contributed by atoms with Crippen LogP contribution in [0.15, 0.2) is 41.4 Å². The highest BCUT2D eigenvalue weighted by atomic mass is 32.2. The van der Waals surface area contributed by atoms with Crippen LogP contribution in [0.4, 0.5) is 0 Å². The third kappa shape index (κ3) is 2.74. The highest BCUT2D eigenvalue weighted by Gasteiger charge is 2.33. The summed E-state index contributed by atoms with van der Waals surface area (Å²) in [6, 6.07) is 8.62. The van der Waals surface area contributed by atoms with Gasteiger partial charge in [-0.15, -0.1) is 0 Å². The van der Waals surface area contributed by atoms with Gasteiger partial charge in [-0.1, -0.05) is 12.5 Å². The van der Waals surface area contributed by atoms with Crippen LogP contribution in [0, 0.1) is 0 Å². The molecule has 118 valence electrons. The first kappa shape index (κ1) is 15.4. The van der Waals surface area contributed by atoms with Gasteiger partial charge < -0.3 is 5.11 Å². The van der Waals surface area contributed by atoms with Crippen LogP contribution in [0.3, 0.4) is 0 Å². The van der Waals surface area contributed by atoms with Crippen LogP contribution in [0.2, 0.25) is 0 Å². The van der Waals surface area contributed by atoms with E-state index in [-0.39, 0.29) is 12.6 Å². The summed E-state index contributed by atoms with van der Waals surface area (Å²) in [6.07, 6.45) is 4.83. The smallest absolute Gasteiger partial charge is 0.243 e. The van der Waals surface area contributed by atoms with Crippen molar-refractivity contribution in [3.05, 3.63) is 36.5 Å². The van der Waals surface area contributed by atoms with E-state index in [0.29, 0.717) is 28.8 Å². The SMILES string of the molecule is O=S(=O)(c1cccc2ncccc12)N1CCCCC1CCO. The normalized spacial score (nSPS) is 20.3. The van der Waals surface area contributed by atoms with Crippen molar-refractivity contribution >= 4 is 20.9 Å². The molecule has 0 radical (unpaired) electrons. The summed E-state index contributed by atoms with van der Waals surface area (Å²) >= 11 is 0. The van der Waals surface area contributed by atoms with Crippen LogP contribution in [0.25, 0.3) is 10.9 Å². The fourth-order valence-corrected chi connectivity index (χ4v) is 5.08. The van der Waals surface area contributed by atoms with Gasteiger partial charge in [-0.3, -0.25) is 4.98 Å². The number of aromatic nitrogens is 1. The number of benzene rings is 1. The molecule has 3 rings (SSSR count). The Labute approximate surface area is 130 Å². The minimum atomic E-state index is -3.58. The van der Waals surface area contributed by atoms with E-state index >= 15 is 0 Å². The van der Waals surface area contributed by atoms with E-state index in [0.717, 1.165) is 19.3 Å². The van der Waals surface area contributed by atoms with Gasteiger partial charge in [0, 0.05) is 30.8 Å². The number of pyridine rings is 1. The lowest BCUT2D eigenvalue weighted by Gasteiger charge is -2.34. The summed E-state index contributed by atoms with van der Waals surface area (Å²) < 4.78 is 27.8. The lowest BCUT2D eigenvalue weighted by Crippen LogP contribution is -2.44. The van der Waals surface area contributed by atoms with Gasteiger partial charge in [0.25, 0.3) is 0 Å². The van der Waals surface area contributed by atoms with E-state index in [1.54, 1.807) is 34.8 Å². The summed E-state index contributed by atoms with van der Waals surface area (Å²) in [5.41, 5.74) is 0.680. The van der Waals surface area contributed by atoms with Crippen molar-refractivity contribution in [2.75, 3.05) is 13.2 Å². The second-order valence-corrected chi connectivity index (χ2v) is 7.46. The molecule has 0 spiro atoms. The molecular weight excluding hydrogens is 300 g/mol. The quantitative estimate of drug-likeness (QED) is 0.937. The lowest BCUT2D eigenvalue weighted by molar-refractivity contribution is 0.192. The van der Waals surface area contributed by atoms with Crippen molar-refractivity contribution in [1.29, 1.82) is 0 Å². The summed E-state index contributed by atoms with van der Waals surface area (Å²) in [4.78, 5) is 4.54. The molecule has 0 bridgehead atoms. The molecule has 2 heterocycles. The van der Waals surface area contributed by atoms with E-state index in [4.69, 9.17) is 0 Å². The van der Waals surface area contributed by atoms with E-state index in [2.05, 4.69) is 4.98 Å². The number of rotatable bonds is 4. The third-order valence-electron chi connectivity index (χ3n) is 4.23. The van der Waals surface area contributed by atoms with Crippen molar-refractivity contribution in [3.63, 3.8) is 0 Å². The number of hydrogen-bond acceptors (Lipinski definition) is 4. The number of nitrogens with zero attached hydrogens (tertiary/aromatic N) is 2. The maximum absolute atomic E-state index is 13.1. The minimum Gasteiger partial charge on any atom is -0.396 e. The van der Waals surface area contributed by atoms with Crippen molar-refractivity contribution in [3.8, 4) is 0 Å². The van der Waals surface area contributed by atoms with Crippen LogP contribution in [-0.2, 0) is 10.0 Å². The molecule has 1 aliphatic heterocycles. The van der Waals surface area contributed by atoms with Gasteiger partial charge in [0.15, 0.2) is 0 Å². The maximum Gasteiger partial charge on any atom is 0.243 e. The highest BCUT2D eigenvalue weighted by molar-refractivity contribution is 7.89. The van der Waals surface area contributed by atoms with E-state index < -0.39 is 10.0 Å². The topological polar surface area (TPSA) is 70.5 Å². The van der Waals surface area contributed by atoms with E-state index in [1.807, 2.05) is 6.07 Å². The predicted octanol–water partition coefficient (Wildman–Crippen LogP) is 2.16. The van der Waals surface area contributed by atoms with Crippen molar-refractivity contribution in [2.24, 2.45) is 0 Å². The third-order valence-corrected chi connectivity index (χ3v) is 6.24. The molecule has 1 saturated heterocycles. The van der Waals surface area contributed by atoms with Crippen LogP contribution in [0.5, 0.6) is 0 Å². The second kappa shape index (κ2) is 6.32. The Balaban J connectivity index is 2.07. The first-order chi connectivity index (χ1) is 10.6. The number of sulfonamides is 1. The molecule has 1 aliphatic rings. The van der Waals surface area contributed by atoms with Crippen LogP contribution in [-0.4, -0.2) is 42.0 Å². The first-order valence-electron chi connectivity index (χ1n) is 7.61. The molecule has 5 nitrogen and oxygen atoms in total. The Bertz CT molecular complexity index is 754. The van der Waals surface area contributed by atoms with Crippen LogP contribution >= 0.6 is 0 Å². The number of aliphatic hydroxyl groups is 1. The standard InChI is InChI=1S/C16H20N2O3S/c19-12-9-13-5-1-2-11-18(13)22(20,21)16-8-3-7-15-14(16)6-4-10-17-15/h3-4,6-8,10,13,19H,1-2,5,9,11-12H2. The van der Waals surface area contributed by atoms with Crippen LogP contribution < -0.4 is 0 Å². The second-order valence-electron chi connectivity index (χ2n) is 5.60. The molecule has 0 aliphatic carbocycles. The summed E-state index contributed by atoms with van der Waals surface area (Å²) in [6.45, 7) is 0.525. The zero-order valence-electron chi connectivity index (χ0n) is 12.4. The molecule has 22 heavy (non-hydrogen) atoms. The Morgan fingerprint density at radius 1 is 1.23 bits per heavy atom. The van der Waals surface area contributed by atoms with Gasteiger partial charge in [-0.05, 0) is 43.5 Å². The molecule has 1 fully saturated rings. The fourth-order valence-electron chi connectivity index (χ4n) is 3.15. The number of hydrogen-bond donors (Lipinski definition) is 1. The first-order valence-corrected chi connectivity index (χ1v) is 9.05. The van der Waals surface area contributed by atoms with Gasteiger partial charge in [0.05, 0.1) is 10.4 Å². The number of piperidine rings is 1. The molecule has 0 amide bonds. The Hall–Kier alpha value is -1.50. The molecule has 1 atom stereocenters. The Morgan fingerprint density at radius 2 is 2.09 bits per heavy atom. The highest BCUT2D eigenvalue weighted by Crippen LogP contribution is 2.30. The summed E-state index contributed by atoms with van der Waals surface area (Å²) in [5, 5.41) is 9.86. The summed E-state index contributed by atoms with van der Waals surface area (Å²) in [7, 11) is -3.58. The van der Waals surface area contributed by atoms with Crippen LogP contribution in [0.1, 0.15) is 25.7 Å². The molecule has 0 saturated carbocycles. The van der Waals surface area contributed by atoms with Gasteiger partial charge in [-0.25, -0.2) is 8.42 Å². The average Bonchev–Trinajstić information content (AvgIpc) is 2.55. The largest absolute Gasteiger partial charge is 0.396 e. The van der Waals surface area contributed by atoms with Gasteiger partial charge >= 0.3 is 0 Å². The van der Waals surface area contributed by atoms with Gasteiger partial charge in [0.2, 0.25) is 10.0 Å². The predicted molar refractivity (Wildman–Crippen MR) is 85.0 cm³/mol. The minimum absolute atomic E-state index is 0.00772. The zero-order valence-corrected chi connectivity index (χ0v) is 13.2. The van der Waals surface area contributed by atoms with E-state index in [9.17, 15) is 13.5 Å². The maximum atomic E-state index is 13.1. The molecule has 6 heteroatoms. The molecule has 1 unspecified atom stereocenters. The summed E-state index contributed by atoms with van der Waals surface area (Å²) in [5.74, 6) is 0. The van der Waals surface area contributed by atoms with E-state index in [1.165, 1.54) is 0 Å². The number of aliphatic hydroxyl groups excluding tert-OH is 1. The monoisotopic (exact) mass is 320 g/mol. The number of fused-ring (bicyclic) bond motifs is 1. The average molecular weight is 320 g/mol. The fraction of sp³-hybridized carbons (Fsp3) is 0.438.